The van der Waals surface area contributed by atoms with Crippen molar-refractivity contribution in [2.75, 3.05) is 13.2 Å². The topological polar surface area (TPSA) is 82.0 Å². The molecule has 4 atom stereocenters. The van der Waals surface area contributed by atoms with Crippen molar-refractivity contribution in [2.24, 2.45) is 5.92 Å². The Balaban J connectivity index is 1.99. The fraction of sp³-hybridized carbons (Fsp3) is 0.900. The van der Waals surface area contributed by atoms with Gasteiger partial charge in [-0.2, -0.15) is 0 Å². The van der Waals surface area contributed by atoms with Gasteiger partial charge in [0, 0.05) is 18.9 Å². The fourth-order valence-electron chi connectivity index (χ4n) is 2.32. The second kappa shape index (κ2) is 4.57. The van der Waals surface area contributed by atoms with E-state index in [1.807, 2.05) is 6.92 Å². The summed E-state index contributed by atoms with van der Waals surface area (Å²) in [5, 5.41) is 20.7. The molecule has 0 aromatic rings. The van der Waals surface area contributed by atoms with Crippen LogP contribution >= 0.6 is 0 Å². The van der Waals surface area contributed by atoms with E-state index >= 15 is 0 Å². The SMILES string of the molecule is CC1CC(CO)O[C@H]1N1CCC(O)NC1=O. The van der Waals surface area contributed by atoms with Gasteiger partial charge in [-0.1, -0.05) is 6.92 Å². The standard InChI is InChI=1S/C10H18N2O4/c1-6-4-7(5-13)16-9(6)12-3-2-8(14)11-10(12)15/h6-9,13-14H,2-5H2,1H3,(H,11,15)/t6?,7?,8?,9-/m1/s1. The number of nitrogens with zero attached hydrogens (tertiary/aromatic N) is 1. The Hall–Kier alpha value is -0.850. The first kappa shape index (κ1) is 11.6. The van der Waals surface area contributed by atoms with E-state index in [1.54, 1.807) is 4.90 Å². The number of ether oxygens (including phenoxy) is 1. The molecule has 2 heterocycles. The third-order valence-electron chi connectivity index (χ3n) is 3.16. The molecule has 0 radical (unpaired) electrons. The fourth-order valence-corrected chi connectivity index (χ4v) is 2.32. The monoisotopic (exact) mass is 230 g/mol. The van der Waals surface area contributed by atoms with Crippen LogP contribution in [0.15, 0.2) is 0 Å². The average Bonchev–Trinajstić information content (AvgIpc) is 2.60. The third kappa shape index (κ3) is 2.14. The highest BCUT2D eigenvalue weighted by molar-refractivity contribution is 5.75. The predicted molar refractivity (Wildman–Crippen MR) is 55.4 cm³/mol. The second-order valence-corrected chi connectivity index (χ2v) is 4.49. The Labute approximate surface area is 94.2 Å². The molecule has 6 nitrogen and oxygen atoms in total. The molecular formula is C10H18N2O4. The third-order valence-corrected chi connectivity index (χ3v) is 3.16. The summed E-state index contributed by atoms with van der Waals surface area (Å²) in [7, 11) is 0. The Morgan fingerprint density at radius 1 is 1.62 bits per heavy atom. The van der Waals surface area contributed by atoms with E-state index in [0.717, 1.165) is 6.42 Å². The maximum Gasteiger partial charge on any atom is 0.321 e. The predicted octanol–water partition coefficient (Wildman–Crippen LogP) is -0.537. The van der Waals surface area contributed by atoms with Crippen molar-refractivity contribution >= 4 is 6.03 Å². The van der Waals surface area contributed by atoms with E-state index in [4.69, 9.17) is 9.84 Å². The van der Waals surface area contributed by atoms with Gasteiger partial charge in [-0.25, -0.2) is 4.79 Å². The molecule has 0 bridgehead atoms. The van der Waals surface area contributed by atoms with E-state index in [2.05, 4.69) is 5.32 Å². The number of amides is 2. The van der Waals surface area contributed by atoms with Crippen molar-refractivity contribution in [3.63, 3.8) is 0 Å². The lowest BCUT2D eigenvalue weighted by Gasteiger charge is -2.36. The van der Waals surface area contributed by atoms with Crippen LogP contribution in [0.4, 0.5) is 4.79 Å². The van der Waals surface area contributed by atoms with Gasteiger partial charge in [-0.3, -0.25) is 4.90 Å². The van der Waals surface area contributed by atoms with Gasteiger partial charge >= 0.3 is 6.03 Å². The Bertz CT molecular complexity index is 274. The minimum absolute atomic E-state index is 0.0150. The molecule has 2 amide bonds. The second-order valence-electron chi connectivity index (χ2n) is 4.49. The number of hydrogen-bond acceptors (Lipinski definition) is 4. The average molecular weight is 230 g/mol. The molecule has 0 aliphatic carbocycles. The lowest BCUT2D eigenvalue weighted by atomic mass is 10.0. The van der Waals surface area contributed by atoms with E-state index in [-0.39, 0.29) is 30.9 Å². The molecular weight excluding hydrogens is 212 g/mol. The zero-order chi connectivity index (χ0) is 11.7. The molecule has 92 valence electrons. The van der Waals surface area contributed by atoms with Crippen LogP contribution in [0.1, 0.15) is 19.8 Å². The number of aliphatic hydroxyl groups excluding tert-OH is 2. The largest absolute Gasteiger partial charge is 0.394 e. The van der Waals surface area contributed by atoms with Crippen LogP contribution in [0.2, 0.25) is 0 Å². The van der Waals surface area contributed by atoms with E-state index in [1.165, 1.54) is 0 Å². The summed E-state index contributed by atoms with van der Waals surface area (Å²) in [6.07, 6.45) is 0.0358. The van der Waals surface area contributed by atoms with Gasteiger partial charge in [-0.05, 0) is 6.42 Å². The minimum Gasteiger partial charge on any atom is -0.394 e. The quantitative estimate of drug-likeness (QED) is 0.595. The molecule has 3 N–H and O–H groups in total. The number of carbonyl (C=O) groups is 1. The van der Waals surface area contributed by atoms with Crippen molar-refractivity contribution in [1.29, 1.82) is 0 Å². The van der Waals surface area contributed by atoms with E-state index in [0.29, 0.717) is 13.0 Å². The first-order valence-corrected chi connectivity index (χ1v) is 5.63. The van der Waals surface area contributed by atoms with E-state index in [9.17, 15) is 9.90 Å². The van der Waals surface area contributed by atoms with Crippen molar-refractivity contribution in [2.45, 2.75) is 38.3 Å². The summed E-state index contributed by atoms with van der Waals surface area (Å²) in [6, 6.07) is -0.297. The van der Waals surface area contributed by atoms with Crippen LogP contribution in [-0.2, 0) is 4.74 Å². The van der Waals surface area contributed by atoms with Crippen molar-refractivity contribution in [1.82, 2.24) is 10.2 Å². The molecule has 2 rings (SSSR count). The summed E-state index contributed by atoms with van der Waals surface area (Å²) < 4.78 is 5.60. The number of aliphatic hydroxyl groups is 2. The van der Waals surface area contributed by atoms with Gasteiger partial charge in [0.25, 0.3) is 0 Å². The van der Waals surface area contributed by atoms with Gasteiger partial charge in [0.05, 0.1) is 12.7 Å². The molecule has 0 spiro atoms. The van der Waals surface area contributed by atoms with Crippen LogP contribution < -0.4 is 5.32 Å². The van der Waals surface area contributed by atoms with Crippen LogP contribution in [0, 0.1) is 5.92 Å². The summed E-state index contributed by atoms with van der Waals surface area (Å²) in [5.41, 5.74) is 0. The molecule has 0 saturated carbocycles. The summed E-state index contributed by atoms with van der Waals surface area (Å²) in [4.78, 5) is 13.2. The maximum atomic E-state index is 11.6. The number of urea groups is 1. The van der Waals surface area contributed by atoms with Crippen molar-refractivity contribution in [3.05, 3.63) is 0 Å². The number of hydrogen-bond donors (Lipinski definition) is 3. The van der Waals surface area contributed by atoms with Crippen molar-refractivity contribution in [3.8, 4) is 0 Å². The van der Waals surface area contributed by atoms with Gasteiger partial charge in [0.1, 0.15) is 12.5 Å². The first-order chi connectivity index (χ1) is 7.61. The Morgan fingerprint density at radius 2 is 2.38 bits per heavy atom. The molecule has 0 aromatic heterocycles. The lowest BCUT2D eigenvalue weighted by Crippen LogP contribution is -2.56. The molecule has 2 aliphatic heterocycles. The first-order valence-electron chi connectivity index (χ1n) is 5.63. The van der Waals surface area contributed by atoms with Crippen LogP contribution in [0.5, 0.6) is 0 Å². The number of rotatable bonds is 2. The number of nitrogens with one attached hydrogen (secondary N) is 1. The van der Waals surface area contributed by atoms with Gasteiger partial charge < -0.3 is 20.3 Å². The van der Waals surface area contributed by atoms with Crippen LogP contribution in [0.3, 0.4) is 0 Å². The van der Waals surface area contributed by atoms with Gasteiger partial charge in [0.2, 0.25) is 0 Å². The Kier molecular flexibility index (Phi) is 3.32. The Morgan fingerprint density at radius 3 is 2.94 bits per heavy atom. The highest BCUT2D eigenvalue weighted by Crippen LogP contribution is 2.29. The molecule has 2 fully saturated rings. The summed E-state index contributed by atoms with van der Waals surface area (Å²) in [5.74, 6) is 0.207. The van der Waals surface area contributed by atoms with Crippen LogP contribution in [-0.4, -0.2) is 52.9 Å². The highest BCUT2D eigenvalue weighted by atomic mass is 16.5. The van der Waals surface area contributed by atoms with Gasteiger partial charge in [0.15, 0.2) is 0 Å². The van der Waals surface area contributed by atoms with E-state index < -0.39 is 6.23 Å². The molecule has 16 heavy (non-hydrogen) atoms. The molecule has 6 heteroatoms. The zero-order valence-electron chi connectivity index (χ0n) is 9.30. The smallest absolute Gasteiger partial charge is 0.321 e. The maximum absolute atomic E-state index is 11.6. The summed E-state index contributed by atoms with van der Waals surface area (Å²) >= 11 is 0. The lowest BCUT2D eigenvalue weighted by molar-refractivity contribution is -0.0721. The van der Waals surface area contributed by atoms with Crippen molar-refractivity contribution < 1.29 is 19.7 Å². The van der Waals surface area contributed by atoms with Crippen LogP contribution in [0.25, 0.3) is 0 Å². The molecule has 2 aliphatic rings. The summed E-state index contributed by atoms with van der Waals surface area (Å²) in [6.45, 7) is 2.47. The normalized spacial score (nSPS) is 39.9. The van der Waals surface area contributed by atoms with Gasteiger partial charge in [-0.15, -0.1) is 0 Å². The zero-order valence-corrected chi connectivity index (χ0v) is 9.30. The highest BCUT2D eigenvalue weighted by Gasteiger charge is 2.39. The molecule has 3 unspecified atom stereocenters. The number of carbonyl (C=O) groups excluding carboxylic acids is 1. The minimum atomic E-state index is -0.755. The molecule has 2 saturated heterocycles. The molecule has 0 aromatic carbocycles.